The molecule has 1 heterocycles. The fourth-order valence-electron chi connectivity index (χ4n) is 1.04. The summed E-state index contributed by atoms with van der Waals surface area (Å²) in [5.74, 6) is 0. The van der Waals surface area contributed by atoms with E-state index in [1.165, 1.54) is 0 Å². The van der Waals surface area contributed by atoms with Crippen LogP contribution in [-0.2, 0) is 9.47 Å². The zero-order valence-corrected chi connectivity index (χ0v) is 10.3. The average Bonchev–Trinajstić information content (AvgIpc) is 2.23. The van der Waals surface area contributed by atoms with Crippen molar-refractivity contribution < 1.29 is 14.3 Å². The van der Waals surface area contributed by atoms with Crippen molar-refractivity contribution >= 4 is 12.2 Å². The highest BCUT2D eigenvalue weighted by Gasteiger charge is 2.16. The first-order chi connectivity index (χ1) is 7.97. The molecule has 0 saturated heterocycles. The van der Waals surface area contributed by atoms with Crippen molar-refractivity contribution in [1.29, 1.82) is 0 Å². The molecule has 1 rings (SSSR count). The Morgan fingerprint density at radius 1 is 1.41 bits per heavy atom. The van der Waals surface area contributed by atoms with Crippen molar-refractivity contribution in [2.45, 2.75) is 26.4 Å². The highest BCUT2D eigenvalue weighted by molar-refractivity contribution is 5.60. The Bertz CT molecular complexity index is 379. The van der Waals surface area contributed by atoms with Gasteiger partial charge in [-0.2, -0.15) is 0 Å². The van der Waals surface area contributed by atoms with Crippen LogP contribution in [0.1, 0.15) is 26.5 Å². The number of nitrogens with zero attached hydrogens (tertiary/aromatic N) is 1. The van der Waals surface area contributed by atoms with E-state index < -0.39 is 11.8 Å². The van der Waals surface area contributed by atoms with E-state index in [4.69, 9.17) is 9.47 Å². The minimum atomic E-state index is -0.664. The Morgan fingerprint density at radius 2 is 2.18 bits per heavy atom. The Kier molecular flexibility index (Phi) is 4.69. The van der Waals surface area contributed by atoms with E-state index in [0.717, 1.165) is 5.69 Å². The van der Waals surface area contributed by atoms with E-state index in [9.17, 15) is 4.79 Å². The molecule has 0 aromatic carbocycles. The van der Waals surface area contributed by atoms with Gasteiger partial charge in [0.15, 0.2) is 0 Å². The quantitative estimate of drug-likeness (QED) is 0.755. The van der Waals surface area contributed by atoms with Gasteiger partial charge in [-0.05, 0) is 45.1 Å². The molecule has 4 nitrogen and oxygen atoms in total. The maximum absolute atomic E-state index is 11.2. The van der Waals surface area contributed by atoms with Crippen molar-refractivity contribution in [3.8, 4) is 0 Å². The number of rotatable bonds is 3. The third-order valence-corrected chi connectivity index (χ3v) is 1.66. The Balaban J connectivity index is 2.29. The molecule has 0 radical (unpaired) electrons. The largest absolute Gasteiger partial charge is 0.509 e. The van der Waals surface area contributed by atoms with Gasteiger partial charge in [-0.3, -0.25) is 4.98 Å². The predicted octanol–water partition coefficient (Wildman–Crippen LogP) is 3.05. The molecular formula is C13H17NO3. The third-order valence-electron chi connectivity index (χ3n) is 1.66. The van der Waals surface area contributed by atoms with E-state index in [1.54, 1.807) is 39.1 Å². The maximum atomic E-state index is 11.2. The van der Waals surface area contributed by atoms with Crippen molar-refractivity contribution in [3.63, 3.8) is 0 Å². The third kappa shape index (κ3) is 6.35. The number of aromatic nitrogens is 1. The lowest BCUT2D eigenvalue weighted by Gasteiger charge is -2.18. The molecular weight excluding hydrogens is 218 g/mol. The van der Waals surface area contributed by atoms with Gasteiger partial charge in [0.05, 0.1) is 5.69 Å². The molecule has 0 aliphatic heterocycles. The lowest BCUT2D eigenvalue weighted by Crippen LogP contribution is -2.24. The summed E-state index contributed by atoms with van der Waals surface area (Å²) in [5.41, 5.74) is 0.294. The molecule has 4 heteroatoms. The zero-order valence-electron chi connectivity index (χ0n) is 10.3. The lowest BCUT2D eigenvalue weighted by molar-refractivity contribution is -0.00234. The fourth-order valence-corrected chi connectivity index (χ4v) is 1.04. The second kappa shape index (κ2) is 6.03. The van der Waals surface area contributed by atoms with Crippen LogP contribution >= 0.6 is 0 Å². The van der Waals surface area contributed by atoms with Gasteiger partial charge < -0.3 is 9.47 Å². The summed E-state index contributed by atoms with van der Waals surface area (Å²) in [6.45, 7) is 5.54. The molecule has 0 bridgehead atoms. The van der Waals surface area contributed by atoms with Gasteiger partial charge in [-0.15, -0.1) is 0 Å². The van der Waals surface area contributed by atoms with Crippen LogP contribution in [0.3, 0.4) is 0 Å². The Morgan fingerprint density at radius 3 is 2.76 bits per heavy atom. The van der Waals surface area contributed by atoms with Crippen LogP contribution in [0.15, 0.2) is 30.5 Å². The Hall–Kier alpha value is -1.84. The number of carbonyl (C=O) groups is 1. The molecule has 0 aliphatic carbocycles. The number of hydrogen-bond acceptors (Lipinski definition) is 4. The standard InChI is InChI=1S/C13H17NO3/c1-13(2,3)17-12(15)16-10-6-8-11-7-4-5-9-14-11/h4-9H,10H2,1-3H3. The molecule has 0 saturated carbocycles. The molecule has 0 atom stereocenters. The fraction of sp³-hybridized carbons (Fsp3) is 0.385. The summed E-state index contributed by atoms with van der Waals surface area (Å²) in [6, 6.07) is 5.60. The van der Waals surface area contributed by atoms with Crippen LogP contribution in [0.4, 0.5) is 4.79 Å². The second-order valence-corrected chi connectivity index (χ2v) is 4.43. The topological polar surface area (TPSA) is 48.4 Å². The van der Waals surface area contributed by atoms with E-state index in [2.05, 4.69) is 4.98 Å². The van der Waals surface area contributed by atoms with Crippen molar-refractivity contribution in [3.05, 3.63) is 36.2 Å². The maximum Gasteiger partial charge on any atom is 0.509 e. The van der Waals surface area contributed by atoms with Crippen LogP contribution in [0.5, 0.6) is 0 Å². The average molecular weight is 235 g/mol. The summed E-state index contributed by atoms with van der Waals surface area (Å²) in [7, 11) is 0. The molecule has 1 aromatic rings. The minimum Gasteiger partial charge on any atom is -0.430 e. The van der Waals surface area contributed by atoms with Crippen LogP contribution in [0.25, 0.3) is 6.08 Å². The molecule has 0 amide bonds. The highest BCUT2D eigenvalue weighted by Crippen LogP contribution is 2.08. The molecule has 1 aromatic heterocycles. The monoisotopic (exact) mass is 235 g/mol. The molecule has 92 valence electrons. The van der Waals surface area contributed by atoms with Crippen molar-refractivity contribution in [2.24, 2.45) is 0 Å². The second-order valence-electron chi connectivity index (χ2n) is 4.43. The smallest absolute Gasteiger partial charge is 0.430 e. The number of pyridine rings is 1. The van der Waals surface area contributed by atoms with Crippen LogP contribution < -0.4 is 0 Å². The Labute approximate surface area is 101 Å². The molecule has 0 aliphatic rings. The first-order valence-corrected chi connectivity index (χ1v) is 5.41. The first-order valence-electron chi connectivity index (χ1n) is 5.41. The zero-order chi connectivity index (χ0) is 12.7. The van der Waals surface area contributed by atoms with Gasteiger partial charge in [0.25, 0.3) is 0 Å². The van der Waals surface area contributed by atoms with Gasteiger partial charge in [-0.25, -0.2) is 4.79 Å². The molecule has 0 fully saturated rings. The van der Waals surface area contributed by atoms with Crippen LogP contribution in [-0.4, -0.2) is 23.3 Å². The van der Waals surface area contributed by atoms with E-state index in [0.29, 0.717) is 0 Å². The molecule has 0 N–H and O–H groups in total. The summed E-state index contributed by atoms with van der Waals surface area (Å²) in [4.78, 5) is 15.3. The van der Waals surface area contributed by atoms with Crippen molar-refractivity contribution in [1.82, 2.24) is 4.98 Å². The van der Waals surface area contributed by atoms with Gasteiger partial charge >= 0.3 is 6.16 Å². The first kappa shape index (κ1) is 13.2. The van der Waals surface area contributed by atoms with Crippen molar-refractivity contribution in [2.75, 3.05) is 6.61 Å². The molecule has 0 unspecified atom stereocenters. The van der Waals surface area contributed by atoms with Crippen LogP contribution in [0, 0.1) is 0 Å². The van der Waals surface area contributed by atoms with Gasteiger partial charge in [0, 0.05) is 6.20 Å². The summed E-state index contributed by atoms with van der Waals surface area (Å²) < 4.78 is 9.84. The number of hydrogen-bond donors (Lipinski definition) is 0. The number of ether oxygens (including phenoxy) is 2. The summed E-state index contributed by atoms with van der Waals surface area (Å²) in [6.07, 6.45) is 4.54. The van der Waals surface area contributed by atoms with Gasteiger partial charge in [0.2, 0.25) is 0 Å². The predicted molar refractivity (Wildman–Crippen MR) is 65.5 cm³/mol. The molecule has 0 spiro atoms. The lowest BCUT2D eigenvalue weighted by atomic mass is 10.2. The number of carbonyl (C=O) groups excluding carboxylic acids is 1. The summed E-state index contributed by atoms with van der Waals surface area (Å²) >= 11 is 0. The van der Waals surface area contributed by atoms with Crippen LogP contribution in [0.2, 0.25) is 0 Å². The summed E-state index contributed by atoms with van der Waals surface area (Å²) in [5, 5.41) is 0. The van der Waals surface area contributed by atoms with E-state index >= 15 is 0 Å². The molecule has 17 heavy (non-hydrogen) atoms. The minimum absolute atomic E-state index is 0.172. The van der Waals surface area contributed by atoms with Gasteiger partial charge in [0.1, 0.15) is 12.2 Å². The van der Waals surface area contributed by atoms with E-state index in [-0.39, 0.29) is 6.61 Å². The normalized spacial score (nSPS) is 11.5. The SMILES string of the molecule is CC(C)(C)OC(=O)OCC=Cc1ccccn1. The van der Waals surface area contributed by atoms with Gasteiger partial charge in [-0.1, -0.05) is 6.07 Å². The highest BCUT2D eigenvalue weighted by atomic mass is 16.7. The van der Waals surface area contributed by atoms with E-state index in [1.807, 2.05) is 18.2 Å².